The first kappa shape index (κ1) is 16.7. The largest absolute Gasteiger partial charge is 0.397 e. The second kappa shape index (κ2) is 5.97. The van der Waals surface area contributed by atoms with Crippen molar-refractivity contribution in [1.29, 1.82) is 0 Å². The predicted molar refractivity (Wildman–Crippen MR) is 60.7 cm³/mol. The van der Waals surface area contributed by atoms with Crippen LogP contribution >= 0.6 is 0 Å². The topological polar surface area (TPSA) is 170 Å². The van der Waals surface area contributed by atoms with Crippen molar-refractivity contribution in [3.05, 3.63) is 0 Å². The maximum atomic E-state index is 10.6. The SMILES string of the molecule is O=S(=O)(O)NC1[C@H](O)CC(COS(=O)(=O)O)C[C@H]1O. The highest BCUT2D eigenvalue weighted by Crippen LogP contribution is 2.26. The van der Waals surface area contributed by atoms with Gasteiger partial charge in [-0.25, -0.2) is 4.18 Å². The van der Waals surface area contributed by atoms with Crippen molar-refractivity contribution in [3.8, 4) is 0 Å². The van der Waals surface area contributed by atoms with Gasteiger partial charge < -0.3 is 10.2 Å². The average molecular weight is 321 g/mol. The molecule has 0 saturated heterocycles. The molecule has 0 aromatic carbocycles. The predicted octanol–water partition coefficient (Wildman–Crippen LogP) is -2.30. The van der Waals surface area contributed by atoms with Crippen LogP contribution in [0.1, 0.15) is 12.8 Å². The van der Waals surface area contributed by atoms with E-state index in [9.17, 15) is 27.0 Å². The summed E-state index contributed by atoms with van der Waals surface area (Å²) in [7, 11) is -9.20. The van der Waals surface area contributed by atoms with Crippen LogP contribution in [0.15, 0.2) is 0 Å². The molecule has 1 fully saturated rings. The number of rotatable bonds is 5. The molecule has 1 rings (SSSR count). The maximum Gasteiger partial charge on any atom is 0.397 e. The molecule has 0 aliphatic heterocycles. The van der Waals surface area contributed by atoms with Crippen molar-refractivity contribution in [3.63, 3.8) is 0 Å². The summed E-state index contributed by atoms with van der Waals surface area (Å²) in [6, 6.07) is -1.29. The minimum Gasteiger partial charge on any atom is -0.391 e. The molecular formula is C7H15NO9S2. The molecule has 0 spiro atoms. The minimum absolute atomic E-state index is 0.0697. The zero-order chi connectivity index (χ0) is 14.8. The van der Waals surface area contributed by atoms with Gasteiger partial charge in [0.2, 0.25) is 0 Å². The van der Waals surface area contributed by atoms with E-state index in [0.717, 1.165) is 0 Å². The third-order valence-corrected chi connectivity index (χ3v) is 3.72. The Morgan fingerprint density at radius 2 is 1.53 bits per heavy atom. The summed E-state index contributed by atoms with van der Waals surface area (Å²) >= 11 is 0. The molecule has 2 atom stereocenters. The van der Waals surface area contributed by atoms with Gasteiger partial charge in [-0.05, 0) is 18.8 Å². The number of hydrogen-bond acceptors (Lipinski definition) is 7. The summed E-state index contributed by atoms with van der Waals surface area (Å²) in [5, 5.41) is 19.3. The van der Waals surface area contributed by atoms with E-state index in [2.05, 4.69) is 4.18 Å². The maximum absolute atomic E-state index is 10.6. The molecule has 10 nitrogen and oxygen atoms in total. The Bertz CT molecular complexity index is 489. The van der Waals surface area contributed by atoms with Crippen LogP contribution in [0.25, 0.3) is 0 Å². The molecule has 1 aliphatic rings. The van der Waals surface area contributed by atoms with Gasteiger partial charge in [0.25, 0.3) is 0 Å². The third kappa shape index (κ3) is 6.09. The van der Waals surface area contributed by atoms with Gasteiger partial charge in [0.05, 0.1) is 24.9 Å². The lowest BCUT2D eigenvalue weighted by atomic mass is 9.83. The molecule has 114 valence electrons. The molecule has 12 heteroatoms. The van der Waals surface area contributed by atoms with Gasteiger partial charge in [0, 0.05) is 0 Å². The van der Waals surface area contributed by atoms with Crippen LogP contribution in [0.4, 0.5) is 0 Å². The van der Waals surface area contributed by atoms with E-state index in [0.29, 0.717) is 0 Å². The molecule has 1 aliphatic carbocycles. The van der Waals surface area contributed by atoms with Crippen LogP contribution < -0.4 is 4.72 Å². The molecule has 0 bridgehead atoms. The molecule has 0 heterocycles. The molecule has 0 amide bonds. The normalized spacial score (nSPS) is 33.3. The van der Waals surface area contributed by atoms with E-state index in [1.54, 1.807) is 4.72 Å². The highest BCUT2D eigenvalue weighted by molar-refractivity contribution is 7.83. The second-order valence-electron chi connectivity index (χ2n) is 4.30. The van der Waals surface area contributed by atoms with E-state index < -0.39 is 51.5 Å². The van der Waals surface area contributed by atoms with Crippen molar-refractivity contribution in [2.75, 3.05) is 6.61 Å². The van der Waals surface area contributed by atoms with E-state index >= 15 is 0 Å². The Kier molecular flexibility index (Phi) is 5.25. The molecule has 0 unspecified atom stereocenters. The fourth-order valence-corrected chi connectivity index (χ4v) is 3.00. The molecule has 0 aromatic heterocycles. The Morgan fingerprint density at radius 3 is 1.89 bits per heavy atom. The van der Waals surface area contributed by atoms with Gasteiger partial charge >= 0.3 is 20.7 Å². The van der Waals surface area contributed by atoms with Gasteiger partial charge in [-0.2, -0.15) is 21.6 Å². The lowest BCUT2D eigenvalue weighted by molar-refractivity contribution is -0.0231. The Labute approximate surface area is 110 Å². The van der Waals surface area contributed by atoms with Gasteiger partial charge in [0.15, 0.2) is 0 Å². The molecular weight excluding hydrogens is 306 g/mol. The van der Waals surface area contributed by atoms with Crippen molar-refractivity contribution in [2.45, 2.75) is 31.1 Å². The number of nitrogens with one attached hydrogen (secondary N) is 1. The van der Waals surface area contributed by atoms with Crippen molar-refractivity contribution in [2.24, 2.45) is 5.92 Å². The van der Waals surface area contributed by atoms with Crippen LogP contribution in [0, 0.1) is 5.92 Å². The first-order chi connectivity index (χ1) is 8.48. The fraction of sp³-hybridized carbons (Fsp3) is 1.00. The lowest BCUT2D eigenvalue weighted by Crippen LogP contribution is -2.55. The van der Waals surface area contributed by atoms with Crippen molar-refractivity contribution >= 4 is 20.7 Å². The van der Waals surface area contributed by atoms with Crippen molar-refractivity contribution in [1.82, 2.24) is 4.72 Å². The van der Waals surface area contributed by atoms with Gasteiger partial charge in [-0.15, -0.1) is 0 Å². The van der Waals surface area contributed by atoms with E-state index in [1.807, 2.05) is 0 Å². The summed E-state index contributed by atoms with van der Waals surface area (Å²) in [6.45, 7) is -0.453. The van der Waals surface area contributed by atoms with Crippen LogP contribution in [0.5, 0.6) is 0 Å². The molecule has 0 aromatic rings. The Morgan fingerprint density at radius 1 is 1.05 bits per heavy atom. The van der Waals surface area contributed by atoms with E-state index in [1.165, 1.54) is 0 Å². The van der Waals surface area contributed by atoms with E-state index in [4.69, 9.17) is 9.11 Å². The van der Waals surface area contributed by atoms with Crippen LogP contribution in [0.3, 0.4) is 0 Å². The number of aliphatic hydroxyl groups excluding tert-OH is 2. The fourth-order valence-electron chi connectivity index (χ4n) is 1.98. The summed E-state index contributed by atoms with van der Waals surface area (Å²) in [4.78, 5) is 0. The quantitative estimate of drug-likeness (QED) is 0.349. The summed E-state index contributed by atoms with van der Waals surface area (Å²) < 4.78 is 64.7. The summed E-state index contributed by atoms with van der Waals surface area (Å²) in [5.41, 5.74) is 0. The van der Waals surface area contributed by atoms with Gasteiger partial charge in [-0.3, -0.25) is 9.11 Å². The molecule has 0 radical (unpaired) electrons. The standard InChI is InChI=1S/C7H15NO9S2/c9-5-1-4(3-17-19(14,15)16)2-6(10)7(5)8-18(11,12)13/h4-10H,1-3H2,(H,11,12,13)(H,14,15,16)/t4?,5-,6-,7?/m1/s1. The van der Waals surface area contributed by atoms with Gasteiger partial charge in [0.1, 0.15) is 0 Å². The zero-order valence-corrected chi connectivity index (χ0v) is 11.2. The smallest absolute Gasteiger partial charge is 0.391 e. The highest BCUT2D eigenvalue weighted by atomic mass is 32.3. The molecule has 5 N–H and O–H groups in total. The third-order valence-electron chi connectivity index (χ3n) is 2.72. The first-order valence-electron chi connectivity index (χ1n) is 5.20. The summed E-state index contributed by atoms with van der Waals surface area (Å²) in [6.07, 6.45) is -2.80. The molecule has 19 heavy (non-hydrogen) atoms. The number of aliphatic hydroxyl groups is 2. The van der Waals surface area contributed by atoms with Crippen LogP contribution in [-0.4, -0.2) is 61.0 Å². The van der Waals surface area contributed by atoms with E-state index in [-0.39, 0.29) is 12.8 Å². The lowest BCUT2D eigenvalue weighted by Gasteiger charge is -2.36. The second-order valence-corrected chi connectivity index (χ2v) is 6.58. The Hall–Kier alpha value is -0.340. The number of hydrogen-bond donors (Lipinski definition) is 5. The first-order valence-corrected chi connectivity index (χ1v) is 8.01. The summed E-state index contributed by atoms with van der Waals surface area (Å²) in [5.74, 6) is -0.591. The molecule has 1 saturated carbocycles. The van der Waals surface area contributed by atoms with Gasteiger partial charge in [-0.1, -0.05) is 0 Å². The van der Waals surface area contributed by atoms with Crippen LogP contribution in [0.2, 0.25) is 0 Å². The minimum atomic E-state index is -4.62. The van der Waals surface area contributed by atoms with Crippen molar-refractivity contribution < 1.29 is 40.3 Å². The Balaban J connectivity index is 2.61. The average Bonchev–Trinajstić information content (AvgIpc) is 2.18. The zero-order valence-electron chi connectivity index (χ0n) is 9.58. The van der Waals surface area contributed by atoms with Crippen LogP contribution in [-0.2, 0) is 24.9 Å². The highest BCUT2D eigenvalue weighted by Gasteiger charge is 2.38. The monoisotopic (exact) mass is 321 g/mol.